The maximum atomic E-state index is 11.6. The monoisotopic (exact) mass is 259 g/mol. The van der Waals surface area contributed by atoms with Crippen LogP contribution in [0.25, 0.3) is 11.4 Å². The van der Waals surface area contributed by atoms with Gasteiger partial charge in [-0.15, -0.1) is 0 Å². The van der Waals surface area contributed by atoms with Crippen LogP contribution in [0.3, 0.4) is 0 Å². The summed E-state index contributed by atoms with van der Waals surface area (Å²) >= 11 is 0. The number of aromatic nitrogens is 3. The molecule has 2 aromatic heterocycles. The van der Waals surface area contributed by atoms with Crippen LogP contribution in [0.2, 0.25) is 0 Å². The smallest absolute Gasteiger partial charge is 0.303 e. The Bertz CT molecular complexity index is 623. The Morgan fingerprint density at radius 2 is 2.05 bits per heavy atom. The molecule has 0 spiro atoms. The van der Waals surface area contributed by atoms with E-state index in [1.165, 1.54) is 10.7 Å². The largest absolute Gasteiger partial charge is 0.481 e. The van der Waals surface area contributed by atoms with Crippen LogP contribution in [0.15, 0.2) is 41.3 Å². The normalized spacial score (nSPS) is 10.3. The number of carboxylic acid groups (broad SMARTS) is 1. The molecule has 0 amide bonds. The highest BCUT2D eigenvalue weighted by Crippen LogP contribution is 2.10. The molecule has 98 valence electrons. The second-order valence-electron chi connectivity index (χ2n) is 3.99. The number of rotatable bonds is 5. The van der Waals surface area contributed by atoms with Crippen molar-refractivity contribution in [1.82, 2.24) is 14.8 Å². The zero-order valence-corrected chi connectivity index (χ0v) is 10.2. The highest BCUT2D eigenvalue weighted by Gasteiger charge is 2.05. The van der Waals surface area contributed by atoms with E-state index in [0.29, 0.717) is 17.8 Å². The first-order valence-corrected chi connectivity index (χ1v) is 5.88. The summed E-state index contributed by atoms with van der Waals surface area (Å²) in [5.74, 6) is -0.881. The van der Waals surface area contributed by atoms with Crippen LogP contribution in [0.1, 0.15) is 12.8 Å². The fourth-order valence-electron chi connectivity index (χ4n) is 1.64. The highest BCUT2D eigenvalue weighted by molar-refractivity contribution is 5.66. The first kappa shape index (κ1) is 12.9. The van der Waals surface area contributed by atoms with Crippen molar-refractivity contribution in [2.24, 2.45) is 0 Å². The third kappa shape index (κ3) is 3.48. The van der Waals surface area contributed by atoms with E-state index in [4.69, 9.17) is 5.11 Å². The molecular formula is C13H13N3O3. The molecule has 0 aromatic carbocycles. The number of pyridine rings is 1. The van der Waals surface area contributed by atoms with Crippen molar-refractivity contribution >= 4 is 5.97 Å². The van der Waals surface area contributed by atoms with Crippen molar-refractivity contribution in [3.8, 4) is 11.4 Å². The average molecular weight is 259 g/mol. The molecule has 2 aromatic rings. The molecule has 0 saturated heterocycles. The van der Waals surface area contributed by atoms with Gasteiger partial charge in [0.1, 0.15) is 5.69 Å². The summed E-state index contributed by atoms with van der Waals surface area (Å²) in [6.45, 7) is 0.284. The summed E-state index contributed by atoms with van der Waals surface area (Å²) in [7, 11) is 0. The predicted molar refractivity (Wildman–Crippen MR) is 68.6 cm³/mol. The number of carbonyl (C=O) groups is 1. The predicted octanol–water partition coefficient (Wildman–Crippen LogP) is 1.17. The van der Waals surface area contributed by atoms with Crippen molar-refractivity contribution in [3.05, 3.63) is 46.9 Å². The molecular weight excluding hydrogens is 246 g/mol. The molecule has 6 heteroatoms. The van der Waals surface area contributed by atoms with Gasteiger partial charge in [-0.05, 0) is 24.6 Å². The molecule has 0 aliphatic rings. The van der Waals surface area contributed by atoms with Crippen molar-refractivity contribution in [2.45, 2.75) is 19.4 Å². The van der Waals surface area contributed by atoms with E-state index < -0.39 is 5.97 Å². The van der Waals surface area contributed by atoms with E-state index in [0.717, 1.165) is 0 Å². The maximum absolute atomic E-state index is 11.6. The SMILES string of the molecule is O=C(O)CCCn1nc(-c2ccccn2)ccc1=O. The molecule has 19 heavy (non-hydrogen) atoms. The lowest BCUT2D eigenvalue weighted by Gasteiger charge is -2.05. The van der Waals surface area contributed by atoms with Gasteiger partial charge in [-0.25, -0.2) is 4.68 Å². The van der Waals surface area contributed by atoms with E-state index in [2.05, 4.69) is 10.1 Å². The van der Waals surface area contributed by atoms with Gasteiger partial charge in [0.05, 0.1) is 5.69 Å². The fraction of sp³-hybridized carbons (Fsp3) is 0.231. The second kappa shape index (κ2) is 5.90. The third-order valence-corrected chi connectivity index (χ3v) is 2.55. The van der Waals surface area contributed by atoms with Crippen molar-refractivity contribution < 1.29 is 9.90 Å². The van der Waals surface area contributed by atoms with Crippen molar-refractivity contribution in [3.63, 3.8) is 0 Å². The second-order valence-corrected chi connectivity index (χ2v) is 3.99. The Labute approximate surface area is 109 Å². The molecule has 0 aliphatic carbocycles. The summed E-state index contributed by atoms with van der Waals surface area (Å²) in [5, 5.41) is 12.8. The first-order chi connectivity index (χ1) is 9.16. The lowest BCUT2D eigenvalue weighted by Crippen LogP contribution is -2.22. The zero-order chi connectivity index (χ0) is 13.7. The van der Waals surface area contributed by atoms with Crippen LogP contribution in [-0.2, 0) is 11.3 Å². The van der Waals surface area contributed by atoms with Crippen LogP contribution in [0.4, 0.5) is 0 Å². The van der Waals surface area contributed by atoms with Crippen LogP contribution in [0, 0.1) is 0 Å². The summed E-state index contributed by atoms with van der Waals surface area (Å²) in [4.78, 5) is 26.2. The summed E-state index contributed by atoms with van der Waals surface area (Å²) < 4.78 is 1.27. The summed E-state index contributed by atoms with van der Waals surface area (Å²) in [6, 6.07) is 8.46. The Morgan fingerprint density at radius 1 is 1.21 bits per heavy atom. The number of nitrogens with zero attached hydrogens (tertiary/aromatic N) is 3. The standard InChI is InChI=1S/C13H13N3O3/c17-12-7-6-11(10-4-1-2-8-14-10)15-16(12)9-3-5-13(18)19/h1-2,4,6-8H,3,5,9H2,(H,18,19). The van der Waals surface area contributed by atoms with E-state index in [1.807, 2.05) is 6.07 Å². The van der Waals surface area contributed by atoms with Gasteiger partial charge >= 0.3 is 5.97 Å². The average Bonchev–Trinajstić information content (AvgIpc) is 2.41. The van der Waals surface area contributed by atoms with Crippen molar-refractivity contribution in [2.75, 3.05) is 0 Å². The minimum Gasteiger partial charge on any atom is -0.481 e. The third-order valence-electron chi connectivity index (χ3n) is 2.55. The molecule has 0 atom stereocenters. The Hall–Kier alpha value is -2.50. The zero-order valence-electron chi connectivity index (χ0n) is 10.2. The van der Waals surface area contributed by atoms with E-state index in [9.17, 15) is 9.59 Å². The minimum absolute atomic E-state index is 0.0158. The number of hydrogen-bond donors (Lipinski definition) is 1. The minimum atomic E-state index is -0.881. The Morgan fingerprint density at radius 3 is 2.74 bits per heavy atom. The van der Waals surface area contributed by atoms with Gasteiger partial charge in [0.15, 0.2) is 0 Å². The number of aliphatic carboxylic acids is 1. The Kier molecular flexibility index (Phi) is 4.02. The van der Waals surface area contributed by atoms with Crippen molar-refractivity contribution in [1.29, 1.82) is 0 Å². The van der Waals surface area contributed by atoms with Gasteiger partial charge in [-0.2, -0.15) is 5.10 Å². The van der Waals surface area contributed by atoms with Crippen LogP contribution in [-0.4, -0.2) is 25.8 Å². The molecule has 0 radical (unpaired) electrons. The van der Waals surface area contributed by atoms with Gasteiger partial charge in [0.25, 0.3) is 5.56 Å². The van der Waals surface area contributed by atoms with Gasteiger partial charge in [-0.3, -0.25) is 14.6 Å². The van der Waals surface area contributed by atoms with Crippen LogP contribution < -0.4 is 5.56 Å². The van der Waals surface area contributed by atoms with E-state index in [-0.39, 0.29) is 18.5 Å². The molecule has 0 saturated carbocycles. The number of carboxylic acids is 1. The summed E-state index contributed by atoms with van der Waals surface area (Å²) in [6.07, 6.45) is 2.03. The van der Waals surface area contributed by atoms with Gasteiger partial charge in [0, 0.05) is 25.2 Å². The topological polar surface area (TPSA) is 85.1 Å². The lowest BCUT2D eigenvalue weighted by atomic mass is 10.2. The Balaban J connectivity index is 2.20. The fourth-order valence-corrected chi connectivity index (χ4v) is 1.64. The van der Waals surface area contributed by atoms with Gasteiger partial charge < -0.3 is 5.11 Å². The highest BCUT2D eigenvalue weighted by atomic mass is 16.4. The lowest BCUT2D eigenvalue weighted by molar-refractivity contribution is -0.137. The molecule has 0 fully saturated rings. The molecule has 0 bridgehead atoms. The van der Waals surface area contributed by atoms with E-state index in [1.54, 1.807) is 24.4 Å². The number of hydrogen-bond acceptors (Lipinski definition) is 4. The molecule has 2 heterocycles. The summed E-state index contributed by atoms with van der Waals surface area (Å²) in [5.41, 5.74) is 1.02. The molecule has 6 nitrogen and oxygen atoms in total. The van der Waals surface area contributed by atoms with E-state index >= 15 is 0 Å². The van der Waals surface area contributed by atoms with Gasteiger partial charge in [-0.1, -0.05) is 6.07 Å². The molecule has 2 rings (SSSR count). The quantitative estimate of drug-likeness (QED) is 0.871. The molecule has 0 unspecified atom stereocenters. The van der Waals surface area contributed by atoms with Crippen LogP contribution in [0.5, 0.6) is 0 Å². The van der Waals surface area contributed by atoms with Gasteiger partial charge in [0.2, 0.25) is 0 Å². The molecule has 0 aliphatic heterocycles. The number of aryl methyl sites for hydroxylation is 1. The molecule has 1 N–H and O–H groups in total. The first-order valence-electron chi connectivity index (χ1n) is 5.88. The maximum Gasteiger partial charge on any atom is 0.303 e. The van der Waals surface area contributed by atoms with Crippen LogP contribution >= 0.6 is 0 Å².